The van der Waals surface area contributed by atoms with Crippen molar-refractivity contribution in [2.45, 2.75) is 64.0 Å². The standard InChI is InChI=1S/C17H34N2S/c1-3-10-18-14-17(8-6-4-5-7-9-17)15-19-11-12-20-16(2)13-19/h16,18H,3-15H2,1-2H3. The third-order valence-corrected chi connectivity index (χ3v) is 6.11. The first kappa shape index (κ1) is 16.6. The van der Waals surface area contributed by atoms with E-state index in [4.69, 9.17) is 0 Å². The second kappa shape index (κ2) is 8.65. The molecule has 1 aliphatic heterocycles. The van der Waals surface area contributed by atoms with Crippen molar-refractivity contribution < 1.29 is 0 Å². The fourth-order valence-corrected chi connectivity index (χ4v) is 4.99. The Bertz CT molecular complexity index is 262. The van der Waals surface area contributed by atoms with Crippen molar-refractivity contribution in [2.24, 2.45) is 5.41 Å². The van der Waals surface area contributed by atoms with Gasteiger partial charge in [0.25, 0.3) is 0 Å². The first-order chi connectivity index (χ1) is 9.74. The van der Waals surface area contributed by atoms with Crippen LogP contribution in [-0.4, -0.2) is 48.6 Å². The molecule has 20 heavy (non-hydrogen) atoms. The van der Waals surface area contributed by atoms with E-state index in [0.29, 0.717) is 5.41 Å². The average Bonchev–Trinajstić information content (AvgIpc) is 2.65. The molecule has 1 heterocycles. The maximum atomic E-state index is 3.74. The molecule has 2 nitrogen and oxygen atoms in total. The number of thioether (sulfide) groups is 1. The Morgan fingerprint density at radius 3 is 2.60 bits per heavy atom. The normalized spacial score (nSPS) is 28.2. The maximum Gasteiger partial charge on any atom is 0.0147 e. The summed E-state index contributed by atoms with van der Waals surface area (Å²) in [6, 6.07) is 0. The number of hydrogen-bond donors (Lipinski definition) is 1. The van der Waals surface area contributed by atoms with Crippen molar-refractivity contribution in [2.75, 3.05) is 38.5 Å². The van der Waals surface area contributed by atoms with Crippen molar-refractivity contribution in [1.29, 1.82) is 0 Å². The third kappa shape index (κ3) is 5.23. The Morgan fingerprint density at radius 1 is 1.20 bits per heavy atom. The Balaban J connectivity index is 1.93. The fourth-order valence-electron chi connectivity index (χ4n) is 3.91. The van der Waals surface area contributed by atoms with E-state index >= 15 is 0 Å². The summed E-state index contributed by atoms with van der Waals surface area (Å²) in [5.41, 5.74) is 0.563. The van der Waals surface area contributed by atoms with Gasteiger partial charge < -0.3 is 10.2 Å². The predicted octanol–water partition coefficient (Wildman–Crippen LogP) is 3.76. The minimum Gasteiger partial charge on any atom is -0.316 e. The summed E-state index contributed by atoms with van der Waals surface area (Å²) in [4.78, 5) is 2.76. The third-order valence-electron chi connectivity index (χ3n) is 4.98. The van der Waals surface area contributed by atoms with Crippen molar-refractivity contribution in [1.82, 2.24) is 10.2 Å². The van der Waals surface area contributed by atoms with Gasteiger partial charge in [-0.15, -0.1) is 0 Å². The highest BCUT2D eigenvalue weighted by Crippen LogP contribution is 2.36. The summed E-state index contributed by atoms with van der Waals surface area (Å²) in [5, 5.41) is 4.57. The summed E-state index contributed by atoms with van der Waals surface area (Å²) in [5.74, 6) is 1.33. The molecule has 1 saturated heterocycles. The van der Waals surface area contributed by atoms with Gasteiger partial charge in [0.05, 0.1) is 0 Å². The van der Waals surface area contributed by atoms with Gasteiger partial charge in [-0.2, -0.15) is 11.8 Å². The minimum atomic E-state index is 0.563. The zero-order valence-electron chi connectivity index (χ0n) is 13.6. The molecule has 0 radical (unpaired) electrons. The number of nitrogens with one attached hydrogen (secondary N) is 1. The van der Waals surface area contributed by atoms with Crippen molar-refractivity contribution >= 4 is 11.8 Å². The first-order valence-electron chi connectivity index (χ1n) is 8.79. The zero-order chi connectivity index (χ0) is 14.3. The molecule has 1 atom stereocenters. The summed E-state index contributed by atoms with van der Waals surface area (Å²) >= 11 is 2.15. The van der Waals surface area contributed by atoms with Crippen LogP contribution in [0.25, 0.3) is 0 Å². The van der Waals surface area contributed by atoms with Crippen LogP contribution in [-0.2, 0) is 0 Å². The van der Waals surface area contributed by atoms with Crippen LogP contribution in [0.5, 0.6) is 0 Å². The lowest BCUT2D eigenvalue weighted by molar-refractivity contribution is 0.130. The Labute approximate surface area is 130 Å². The maximum absolute atomic E-state index is 3.74. The van der Waals surface area contributed by atoms with Gasteiger partial charge in [0.15, 0.2) is 0 Å². The average molecular weight is 299 g/mol. The number of hydrogen-bond acceptors (Lipinski definition) is 3. The quantitative estimate of drug-likeness (QED) is 0.594. The minimum absolute atomic E-state index is 0.563. The van der Waals surface area contributed by atoms with Gasteiger partial charge in [0, 0.05) is 37.2 Å². The fraction of sp³-hybridized carbons (Fsp3) is 1.00. The lowest BCUT2D eigenvalue weighted by Crippen LogP contribution is -2.48. The van der Waals surface area contributed by atoms with Crippen LogP contribution < -0.4 is 5.32 Å². The molecule has 0 aromatic rings. The second-order valence-corrected chi connectivity index (χ2v) is 8.55. The monoisotopic (exact) mass is 298 g/mol. The molecule has 0 bridgehead atoms. The summed E-state index contributed by atoms with van der Waals surface area (Å²) in [6.07, 6.45) is 9.97. The smallest absolute Gasteiger partial charge is 0.0147 e. The van der Waals surface area contributed by atoms with Gasteiger partial charge in [0.1, 0.15) is 0 Å². The molecule has 0 amide bonds. The summed E-state index contributed by atoms with van der Waals surface area (Å²) in [6.45, 7) is 11.1. The summed E-state index contributed by atoms with van der Waals surface area (Å²) in [7, 11) is 0. The molecule has 2 fully saturated rings. The molecule has 0 aromatic heterocycles. The Hall–Kier alpha value is 0.270. The lowest BCUT2D eigenvalue weighted by Gasteiger charge is -2.41. The Kier molecular flexibility index (Phi) is 7.20. The highest BCUT2D eigenvalue weighted by atomic mass is 32.2. The van der Waals surface area contributed by atoms with Gasteiger partial charge >= 0.3 is 0 Å². The van der Waals surface area contributed by atoms with Crippen LogP contribution in [0.1, 0.15) is 58.8 Å². The lowest BCUT2D eigenvalue weighted by atomic mass is 9.79. The molecule has 1 saturated carbocycles. The largest absolute Gasteiger partial charge is 0.316 e. The molecule has 118 valence electrons. The van der Waals surface area contributed by atoms with Gasteiger partial charge in [-0.1, -0.05) is 39.5 Å². The molecule has 1 unspecified atom stereocenters. The number of nitrogens with zero attached hydrogens (tertiary/aromatic N) is 1. The summed E-state index contributed by atoms with van der Waals surface area (Å²) < 4.78 is 0. The molecular weight excluding hydrogens is 264 g/mol. The second-order valence-electron chi connectivity index (χ2n) is 7.01. The van der Waals surface area contributed by atoms with Crippen LogP contribution in [0.2, 0.25) is 0 Å². The van der Waals surface area contributed by atoms with E-state index < -0.39 is 0 Å². The molecule has 1 N–H and O–H groups in total. The Morgan fingerprint density at radius 2 is 1.95 bits per heavy atom. The van der Waals surface area contributed by atoms with E-state index in [2.05, 4.69) is 35.8 Å². The molecule has 2 aliphatic rings. The highest BCUT2D eigenvalue weighted by Gasteiger charge is 2.33. The van der Waals surface area contributed by atoms with Gasteiger partial charge in [-0.05, 0) is 31.2 Å². The van der Waals surface area contributed by atoms with Gasteiger partial charge in [-0.3, -0.25) is 0 Å². The van der Waals surface area contributed by atoms with E-state index in [-0.39, 0.29) is 0 Å². The van der Waals surface area contributed by atoms with Crippen LogP contribution in [0.4, 0.5) is 0 Å². The van der Waals surface area contributed by atoms with E-state index in [1.54, 1.807) is 0 Å². The SMILES string of the molecule is CCCNCC1(CN2CCSC(C)C2)CCCCCC1. The van der Waals surface area contributed by atoms with Crippen LogP contribution in [0.3, 0.4) is 0 Å². The van der Waals surface area contributed by atoms with E-state index in [1.807, 2.05) is 0 Å². The van der Waals surface area contributed by atoms with E-state index in [9.17, 15) is 0 Å². The molecule has 3 heteroatoms. The van der Waals surface area contributed by atoms with Crippen LogP contribution in [0.15, 0.2) is 0 Å². The molecule has 0 aromatic carbocycles. The highest BCUT2D eigenvalue weighted by molar-refractivity contribution is 7.99. The molecular formula is C17H34N2S. The van der Waals surface area contributed by atoms with Gasteiger partial charge in [0.2, 0.25) is 0 Å². The molecule has 2 rings (SSSR count). The van der Waals surface area contributed by atoms with Crippen LogP contribution >= 0.6 is 11.8 Å². The van der Waals surface area contributed by atoms with E-state index in [0.717, 1.165) is 5.25 Å². The van der Waals surface area contributed by atoms with Gasteiger partial charge in [-0.25, -0.2) is 0 Å². The molecule has 0 spiro atoms. The van der Waals surface area contributed by atoms with Crippen molar-refractivity contribution in [3.05, 3.63) is 0 Å². The zero-order valence-corrected chi connectivity index (χ0v) is 14.4. The van der Waals surface area contributed by atoms with Crippen molar-refractivity contribution in [3.8, 4) is 0 Å². The van der Waals surface area contributed by atoms with Crippen LogP contribution in [0, 0.1) is 5.41 Å². The predicted molar refractivity (Wildman–Crippen MR) is 91.7 cm³/mol. The first-order valence-corrected chi connectivity index (χ1v) is 9.84. The number of rotatable bonds is 6. The topological polar surface area (TPSA) is 15.3 Å². The van der Waals surface area contributed by atoms with E-state index in [1.165, 1.54) is 83.4 Å². The molecule has 1 aliphatic carbocycles. The van der Waals surface area contributed by atoms with Crippen molar-refractivity contribution in [3.63, 3.8) is 0 Å².